The van der Waals surface area contributed by atoms with Gasteiger partial charge < -0.3 is 9.90 Å². The fourth-order valence-corrected chi connectivity index (χ4v) is 0.732. The van der Waals surface area contributed by atoms with Gasteiger partial charge >= 0.3 is 0 Å². The van der Waals surface area contributed by atoms with Gasteiger partial charge in [-0.1, -0.05) is 30.3 Å². The Labute approximate surface area is 66.5 Å². The van der Waals surface area contributed by atoms with Crippen molar-refractivity contribution < 1.29 is 9.90 Å². The molecule has 0 aromatic heterocycles. The van der Waals surface area contributed by atoms with Crippen molar-refractivity contribution in [2.45, 2.75) is 13.0 Å². The van der Waals surface area contributed by atoms with Gasteiger partial charge in [0.25, 0.3) is 0 Å². The Bertz CT molecular complexity index is 182. The van der Waals surface area contributed by atoms with E-state index in [0.717, 1.165) is 5.56 Å². The average Bonchev–Trinajstić information content (AvgIpc) is 2.10. The second-order valence-electron chi connectivity index (χ2n) is 2.09. The van der Waals surface area contributed by atoms with Crippen molar-refractivity contribution in [1.82, 2.24) is 0 Å². The fourth-order valence-electron chi connectivity index (χ4n) is 0.732. The molecule has 11 heavy (non-hydrogen) atoms. The van der Waals surface area contributed by atoms with E-state index in [-0.39, 0.29) is 6.10 Å². The number of benzene rings is 1. The van der Waals surface area contributed by atoms with Crippen LogP contribution in [-0.2, 0) is 4.79 Å². The van der Waals surface area contributed by atoms with Crippen molar-refractivity contribution in [1.29, 1.82) is 0 Å². The number of aliphatic hydroxyl groups excluding tert-OH is 1. The molecule has 0 heterocycles. The van der Waals surface area contributed by atoms with Crippen LogP contribution in [-0.4, -0.2) is 11.9 Å². The maximum Gasteiger partial charge on any atom is 0.106 e. The first-order valence-electron chi connectivity index (χ1n) is 3.32. The topological polar surface area (TPSA) is 37.3 Å². The summed E-state index contributed by atoms with van der Waals surface area (Å²) < 4.78 is 0. The summed E-state index contributed by atoms with van der Waals surface area (Å²) in [7, 11) is 0. The van der Waals surface area contributed by atoms with E-state index >= 15 is 0 Å². The lowest BCUT2D eigenvalue weighted by atomic mass is 10.1. The van der Waals surface area contributed by atoms with E-state index in [9.17, 15) is 0 Å². The van der Waals surface area contributed by atoms with Crippen LogP contribution in [0.5, 0.6) is 0 Å². The second kappa shape index (κ2) is 5.62. The Balaban J connectivity index is 0.000000461. The van der Waals surface area contributed by atoms with Gasteiger partial charge in [0, 0.05) is 0 Å². The molecular weight excluding hydrogens is 140 g/mol. The summed E-state index contributed by atoms with van der Waals surface area (Å²) in [4.78, 5) is 8.00. The molecule has 0 saturated heterocycles. The van der Waals surface area contributed by atoms with Crippen molar-refractivity contribution in [2.24, 2.45) is 0 Å². The molecule has 1 aromatic rings. The van der Waals surface area contributed by atoms with Crippen LogP contribution < -0.4 is 0 Å². The highest BCUT2D eigenvalue weighted by molar-refractivity contribution is 5.16. The van der Waals surface area contributed by atoms with Crippen LogP contribution in [0.15, 0.2) is 30.3 Å². The highest BCUT2D eigenvalue weighted by atomic mass is 16.3. The van der Waals surface area contributed by atoms with Gasteiger partial charge in [0.05, 0.1) is 6.10 Å². The van der Waals surface area contributed by atoms with Gasteiger partial charge in [-0.05, 0) is 12.5 Å². The Kier molecular flexibility index (Phi) is 5.03. The van der Waals surface area contributed by atoms with E-state index in [1.54, 1.807) is 6.92 Å². The van der Waals surface area contributed by atoms with Crippen LogP contribution in [0, 0.1) is 0 Å². The van der Waals surface area contributed by atoms with Crippen LogP contribution in [0.3, 0.4) is 0 Å². The third-order valence-electron chi connectivity index (χ3n) is 1.28. The normalized spacial score (nSPS) is 11.1. The van der Waals surface area contributed by atoms with E-state index in [1.807, 2.05) is 37.1 Å². The lowest BCUT2D eigenvalue weighted by molar-refractivity contribution is -0.0979. The smallest absolute Gasteiger partial charge is 0.106 e. The van der Waals surface area contributed by atoms with Crippen LogP contribution >= 0.6 is 0 Å². The Morgan fingerprint density at radius 1 is 1.27 bits per heavy atom. The quantitative estimate of drug-likeness (QED) is 0.663. The van der Waals surface area contributed by atoms with Crippen LogP contribution in [0.2, 0.25) is 0 Å². The van der Waals surface area contributed by atoms with Crippen LogP contribution in [0.4, 0.5) is 0 Å². The summed E-state index contributed by atoms with van der Waals surface area (Å²) in [6.07, 6.45) is -0.341. The summed E-state index contributed by atoms with van der Waals surface area (Å²) in [6.45, 7) is 3.76. The van der Waals surface area contributed by atoms with Gasteiger partial charge in [-0.25, -0.2) is 0 Å². The number of rotatable bonds is 1. The molecular formula is C9H12O2. The first-order valence-corrected chi connectivity index (χ1v) is 3.32. The molecule has 1 unspecified atom stereocenters. The van der Waals surface area contributed by atoms with E-state index < -0.39 is 0 Å². The van der Waals surface area contributed by atoms with Crippen molar-refractivity contribution in [3.63, 3.8) is 0 Å². The van der Waals surface area contributed by atoms with E-state index in [0.29, 0.717) is 0 Å². The Hall–Kier alpha value is -1.15. The molecule has 1 aromatic carbocycles. The summed E-state index contributed by atoms with van der Waals surface area (Å²) in [5, 5.41) is 9.02. The molecule has 0 aliphatic carbocycles. The van der Waals surface area contributed by atoms with Crippen molar-refractivity contribution in [3.8, 4) is 0 Å². The molecule has 1 rings (SSSR count). The third-order valence-corrected chi connectivity index (χ3v) is 1.28. The van der Waals surface area contributed by atoms with Gasteiger partial charge in [0.2, 0.25) is 0 Å². The van der Waals surface area contributed by atoms with E-state index in [1.165, 1.54) is 0 Å². The standard InChI is InChI=1S/C8H10O.CH2O/c1-7(9)8-5-3-2-4-6-8;1-2/h2-7,9H,1H3;1H2. The SMILES string of the molecule is C=O.CC(O)c1ccccc1. The number of aliphatic hydroxyl groups is 1. The van der Waals surface area contributed by atoms with Crippen molar-refractivity contribution in [2.75, 3.05) is 0 Å². The van der Waals surface area contributed by atoms with Gasteiger partial charge in [-0.3, -0.25) is 0 Å². The van der Waals surface area contributed by atoms with Gasteiger partial charge in [0.1, 0.15) is 6.79 Å². The number of carbonyl (C=O) groups excluding carboxylic acids is 1. The minimum atomic E-state index is -0.341. The molecule has 0 aliphatic heterocycles. The van der Waals surface area contributed by atoms with Gasteiger partial charge in [0.15, 0.2) is 0 Å². The molecule has 0 saturated carbocycles. The molecule has 1 atom stereocenters. The Morgan fingerprint density at radius 2 is 1.73 bits per heavy atom. The molecule has 2 heteroatoms. The molecule has 0 amide bonds. The summed E-state index contributed by atoms with van der Waals surface area (Å²) in [5.74, 6) is 0. The summed E-state index contributed by atoms with van der Waals surface area (Å²) >= 11 is 0. The van der Waals surface area contributed by atoms with Crippen LogP contribution in [0.25, 0.3) is 0 Å². The maximum atomic E-state index is 9.02. The first kappa shape index (κ1) is 9.85. The molecule has 0 aliphatic rings. The zero-order valence-corrected chi connectivity index (χ0v) is 6.53. The minimum Gasteiger partial charge on any atom is -0.389 e. The van der Waals surface area contributed by atoms with E-state index in [4.69, 9.17) is 9.90 Å². The maximum absolute atomic E-state index is 9.02. The molecule has 2 nitrogen and oxygen atoms in total. The minimum absolute atomic E-state index is 0.341. The highest BCUT2D eigenvalue weighted by Crippen LogP contribution is 2.08. The predicted octanol–water partition coefficient (Wildman–Crippen LogP) is 1.55. The number of hydrogen-bond acceptors (Lipinski definition) is 2. The molecule has 0 fully saturated rings. The molecule has 0 radical (unpaired) electrons. The van der Waals surface area contributed by atoms with Crippen LogP contribution in [0.1, 0.15) is 18.6 Å². The molecule has 60 valence electrons. The number of hydrogen-bond donors (Lipinski definition) is 1. The number of carbonyl (C=O) groups is 1. The van der Waals surface area contributed by atoms with Gasteiger partial charge in [-0.15, -0.1) is 0 Å². The summed E-state index contributed by atoms with van der Waals surface area (Å²) in [5.41, 5.74) is 0.970. The first-order chi connectivity index (χ1) is 5.30. The van der Waals surface area contributed by atoms with Crippen molar-refractivity contribution >= 4 is 6.79 Å². The van der Waals surface area contributed by atoms with Crippen molar-refractivity contribution in [3.05, 3.63) is 35.9 Å². The second-order valence-corrected chi connectivity index (χ2v) is 2.09. The monoisotopic (exact) mass is 152 g/mol. The molecule has 0 bridgehead atoms. The molecule has 0 spiro atoms. The highest BCUT2D eigenvalue weighted by Gasteiger charge is 1.95. The largest absolute Gasteiger partial charge is 0.389 e. The third kappa shape index (κ3) is 3.53. The lowest BCUT2D eigenvalue weighted by Crippen LogP contribution is -1.87. The van der Waals surface area contributed by atoms with Gasteiger partial charge in [-0.2, -0.15) is 0 Å². The predicted molar refractivity (Wildman–Crippen MR) is 44.2 cm³/mol. The molecule has 1 N–H and O–H groups in total. The lowest BCUT2D eigenvalue weighted by Gasteiger charge is -2.00. The zero-order valence-electron chi connectivity index (χ0n) is 6.53. The average molecular weight is 152 g/mol. The zero-order chi connectivity index (χ0) is 8.69. The van der Waals surface area contributed by atoms with E-state index in [2.05, 4.69) is 0 Å². The summed E-state index contributed by atoms with van der Waals surface area (Å²) in [6, 6.07) is 9.59. The Morgan fingerprint density at radius 3 is 2.00 bits per heavy atom. The fraction of sp³-hybridized carbons (Fsp3) is 0.222.